The molecule has 1 aromatic rings. The maximum Gasteiger partial charge on any atom is 0.325 e. The highest BCUT2D eigenvalue weighted by atomic mass is 31.2. The number of rotatable bonds is 11. The van der Waals surface area contributed by atoms with Gasteiger partial charge in [0.15, 0.2) is 0 Å². The number of nitrogens with zero attached hydrogens (tertiary/aromatic N) is 1. The van der Waals surface area contributed by atoms with Gasteiger partial charge in [-0.15, -0.1) is 0 Å². The van der Waals surface area contributed by atoms with Crippen molar-refractivity contribution in [1.29, 1.82) is 0 Å². The number of aliphatic hydroxyl groups is 1. The molecule has 7 nitrogen and oxygen atoms in total. The van der Waals surface area contributed by atoms with E-state index in [-0.39, 0.29) is 29.4 Å². The average Bonchev–Trinajstić information content (AvgIpc) is 3.36. The Labute approximate surface area is 172 Å². The number of aliphatic hydroxyl groups excluding tert-OH is 1. The lowest BCUT2D eigenvalue weighted by molar-refractivity contribution is 0.192. The molecule has 1 heterocycles. The number of carbonyl (C=O) groups is 1. The second kappa shape index (κ2) is 9.33. The monoisotopic (exact) mass is 422 g/mol. The summed E-state index contributed by atoms with van der Waals surface area (Å²) in [6.07, 6.45) is 7.42. The largest absolute Gasteiger partial charge is 0.510 e. The number of allylic oxidation sites excluding steroid dienone is 1. The molecular weight excluding hydrogens is 391 g/mol. The predicted octanol–water partition coefficient (Wildman–Crippen LogP) is 3.58. The Morgan fingerprint density at radius 1 is 1.24 bits per heavy atom. The Hall–Kier alpha value is -1.82. The molecule has 1 atom stereocenters. The molecule has 2 aliphatic rings. The van der Waals surface area contributed by atoms with E-state index in [2.05, 4.69) is 17.4 Å². The van der Waals surface area contributed by atoms with E-state index < -0.39 is 7.60 Å². The van der Waals surface area contributed by atoms with Crippen molar-refractivity contribution in [2.75, 3.05) is 19.3 Å². The van der Waals surface area contributed by atoms with Crippen LogP contribution in [0.5, 0.6) is 0 Å². The summed E-state index contributed by atoms with van der Waals surface area (Å²) in [6, 6.07) is 9.56. The molecule has 29 heavy (non-hydrogen) atoms. The van der Waals surface area contributed by atoms with Crippen LogP contribution >= 0.6 is 7.60 Å². The molecule has 3 rings (SSSR count). The molecule has 1 aliphatic heterocycles. The van der Waals surface area contributed by atoms with Crippen molar-refractivity contribution in [2.24, 2.45) is 5.41 Å². The molecule has 2 amide bonds. The summed E-state index contributed by atoms with van der Waals surface area (Å²) in [5.41, 5.74) is 1.24. The first kappa shape index (κ1) is 21.9. The van der Waals surface area contributed by atoms with Crippen LogP contribution < -0.4 is 5.32 Å². The van der Waals surface area contributed by atoms with Gasteiger partial charge in [0.1, 0.15) is 11.8 Å². The SMILES string of the molecule is O=C1NC[C@@H](C(O)=CCCc2ccccc2)N1CCCC1(CCP(=O)(O)O)CC1. The van der Waals surface area contributed by atoms with E-state index in [0.717, 1.165) is 32.1 Å². The summed E-state index contributed by atoms with van der Waals surface area (Å²) < 4.78 is 11.1. The summed E-state index contributed by atoms with van der Waals surface area (Å²) in [7, 11) is -3.96. The van der Waals surface area contributed by atoms with E-state index in [1.165, 1.54) is 5.56 Å². The van der Waals surface area contributed by atoms with Gasteiger partial charge in [-0.25, -0.2) is 4.79 Å². The Balaban J connectivity index is 1.47. The molecule has 1 aromatic carbocycles. The third-order valence-electron chi connectivity index (χ3n) is 6.05. The van der Waals surface area contributed by atoms with Crippen molar-refractivity contribution in [2.45, 2.75) is 51.0 Å². The van der Waals surface area contributed by atoms with E-state index in [0.29, 0.717) is 25.9 Å². The maximum atomic E-state index is 12.2. The van der Waals surface area contributed by atoms with Crippen molar-refractivity contribution in [3.05, 3.63) is 47.7 Å². The van der Waals surface area contributed by atoms with E-state index in [1.54, 1.807) is 11.0 Å². The number of hydrogen-bond donors (Lipinski definition) is 4. The van der Waals surface area contributed by atoms with E-state index in [9.17, 15) is 14.5 Å². The van der Waals surface area contributed by atoms with Crippen LogP contribution in [0.4, 0.5) is 4.79 Å². The number of nitrogens with one attached hydrogen (secondary N) is 1. The van der Waals surface area contributed by atoms with Crippen molar-refractivity contribution < 1.29 is 24.3 Å². The summed E-state index contributed by atoms with van der Waals surface area (Å²) in [4.78, 5) is 32.1. The number of aryl methyl sites for hydroxylation is 1. The van der Waals surface area contributed by atoms with Crippen molar-refractivity contribution in [3.8, 4) is 0 Å². The Kier molecular flexibility index (Phi) is 7.04. The van der Waals surface area contributed by atoms with Gasteiger partial charge in [0.2, 0.25) is 0 Å². The van der Waals surface area contributed by atoms with Crippen molar-refractivity contribution in [1.82, 2.24) is 10.2 Å². The van der Waals surface area contributed by atoms with Gasteiger partial charge in [-0.1, -0.05) is 30.3 Å². The van der Waals surface area contributed by atoms with Gasteiger partial charge in [0.05, 0.1) is 6.16 Å². The summed E-state index contributed by atoms with van der Waals surface area (Å²) in [5, 5.41) is 13.3. The van der Waals surface area contributed by atoms with E-state index in [4.69, 9.17) is 9.79 Å². The lowest BCUT2D eigenvalue weighted by atomic mass is 9.97. The highest BCUT2D eigenvalue weighted by molar-refractivity contribution is 7.51. The first-order valence-corrected chi connectivity index (χ1v) is 12.1. The molecule has 1 saturated carbocycles. The van der Waals surface area contributed by atoms with Crippen LogP contribution in [0.3, 0.4) is 0 Å². The van der Waals surface area contributed by atoms with Gasteiger partial charge in [-0.3, -0.25) is 4.57 Å². The quantitative estimate of drug-likeness (QED) is 0.322. The van der Waals surface area contributed by atoms with Gasteiger partial charge in [0.25, 0.3) is 0 Å². The van der Waals surface area contributed by atoms with Gasteiger partial charge in [-0.2, -0.15) is 0 Å². The van der Waals surface area contributed by atoms with Gasteiger partial charge in [0, 0.05) is 13.1 Å². The van der Waals surface area contributed by atoms with Crippen LogP contribution in [-0.2, 0) is 11.0 Å². The Bertz CT molecular complexity index is 773. The van der Waals surface area contributed by atoms with Crippen LogP contribution in [0.15, 0.2) is 42.2 Å². The molecule has 0 spiro atoms. The first-order chi connectivity index (χ1) is 13.8. The van der Waals surface area contributed by atoms with Crippen LogP contribution in [-0.4, -0.2) is 51.1 Å². The summed E-state index contributed by atoms with van der Waals surface area (Å²) in [5.74, 6) is 0.224. The van der Waals surface area contributed by atoms with Crippen molar-refractivity contribution >= 4 is 13.6 Å². The minimum absolute atomic E-state index is 0.0282. The zero-order valence-corrected chi connectivity index (χ0v) is 17.6. The lowest BCUT2D eigenvalue weighted by Crippen LogP contribution is -2.36. The fourth-order valence-corrected chi connectivity index (χ4v) is 4.80. The van der Waals surface area contributed by atoms with E-state index >= 15 is 0 Å². The number of urea groups is 1. The molecule has 0 unspecified atom stereocenters. The summed E-state index contributed by atoms with van der Waals surface area (Å²) in [6.45, 7) is 0.931. The van der Waals surface area contributed by atoms with Gasteiger partial charge < -0.3 is 25.1 Å². The topological polar surface area (TPSA) is 110 Å². The first-order valence-electron chi connectivity index (χ1n) is 10.3. The average molecular weight is 422 g/mol. The number of benzene rings is 1. The van der Waals surface area contributed by atoms with Crippen LogP contribution in [0.25, 0.3) is 0 Å². The van der Waals surface area contributed by atoms with E-state index in [1.807, 2.05) is 18.2 Å². The number of hydrogen-bond acceptors (Lipinski definition) is 3. The fourth-order valence-electron chi connectivity index (χ4n) is 4.04. The molecule has 160 valence electrons. The number of carbonyl (C=O) groups excluding carboxylic acids is 1. The Morgan fingerprint density at radius 2 is 1.97 bits per heavy atom. The normalized spacial score (nSPS) is 21.3. The third kappa shape index (κ3) is 6.59. The summed E-state index contributed by atoms with van der Waals surface area (Å²) >= 11 is 0. The maximum absolute atomic E-state index is 12.2. The highest BCUT2D eigenvalue weighted by Gasteiger charge is 2.43. The third-order valence-corrected chi connectivity index (χ3v) is 6.86. The lowest BCUT2D eigenvalue weighted by Gasteiger charge is -2.24. The van der Waals surface area contributed by atoms with Crippen LogP contribution in [0.2, 0.25) is 0 Å². The number of amides is 2. The highest BCUT2D eigenvalue weighted by Crippen LogP contribution is 2.55. The molecule has 0 bridgehead atoms. The Morgan fingerprint density at radius 3 is 2.62 bits per heavy atom. The second-order valence-electron chi connectivity index (χ2n) is 8.29. The van der Waals surface area contributed by atoms with Crippen LogP contribution in [0.1, 0.15) is 44.1 Å². The molecule has 8 heteroatoms. The van der Waals surface area contributed by atoms with Crippen LogP contribution in [0, 0.1) is 5.41 Å². The molecule has 1 aliphatic carbocycles. The fraction of sp³-hybridized carbons (Fsp3) is 0.571. The van der Waals surface area contributed by atoms with Crippen molar-refractivity contribution in [3.63, 3.8) is 0 Å². The minimum atomic E-state index is -3.96. The minimum Gasteiger partial charge on any atom is -0.510 e. The molecular formula is C21H31N2O5P. The smallest absolute Gasteiger partial charge is 0.325 e. The molecule has 0 radical (unpaired) electrons. The molecule has 2 fully saturated rings. The standard InChI is InChI=1S/C21H31N2O5P/c24-19(9-4-8-17-6-2-1-3-7-17)18-16-22-20(25)23(18)14-5-10-21(11-12-21)13-15-29(26,27)28/h1-3,6-7,9,18,24H,4-5,8,10-16H2,(H,22,25)(H2,26,27,28)/t18-/m0/s1. The second-order valence-corrected chi connectivity index (χ2v) is 10.1. The van der Waals surface area contributed by atoms with Gasteiger partial charge >= 0.3 is 13.6 Å². The zero-order chi connectivity index (χ0) is 20.9. The molecule has 1 saturated heterocycles. The molecule has 4 N–H and O–H groups in total. The van der Waals surface area contributed by atoms with Gasteiger partial charge in [-0.05, 0) is 62.0 Å². The predicted molar refractivity (Wildman–Crippen MR) is 112 cm³/mol. The zero-order valence-electron chi connectivity index (χ0n) is 16.7. The molecule has 0 aromatic heterocycles.